The third kappa shape index (κ3) is 6.05. The summed E-state index contributed by atoms with van der Waals surface area (Å²) < 4.78 is 13.9. The average molecular weight is 781 g/mol. The molecule has 2 fully saturated rings. The molecule has 4 aromatic carbocycles. The van der Waals surface area contributed by atoms with Gasteiger partial charge in [0, 0.05) is 27.5 Å². The van der Waals surface area contributed by atoms with Gasteiger partial charge in [-0.1, -0.05) is 72.3 Å². The lowest BCUT2D eigenvalue weighted by Gasteiger charge is -2.22. The fourth-order valence-corrected chi connectivity index (χ4v) is 7.93. The molecule has 2 saturated heterocycles. The third-order valence-corrected chi connectivity index (χ3v) is 10.5. The van der Waals surface area contributed by atoms with Gasteiger partial charge in [0.25, 0.3) is 0 Å². The maximum Gasteiger partial charge on any atom is 0.323 e. The molecule has 2 unspecified atom stereocenters. The number of rotatable bonds is 8. The zero-order valence-electron chi connectivity index (χ0n) is 29.2. The lowest BCUT2D eigenvalue weighted by Crippen LogP contribution is -2.47. The Hall–Kier alpha value is -6.74. The fourth-order valence-electron chi connectivity index (χ4n) is 7.76. The number of imide groups is 2. The Morgan fingerprint density at radius 2 is 0.964 bits per heavy atom. The van der Waals surface area contributed by atoms with Gasteiger partial charge in [0.2, 0.25) is 35.4 Å². The van der Waals surface area contributed by atoms with Crippen molar-refractivity contribution in [1.82, 2.24) is 9.80 Å². The Morgan fingerprint density at radius 3 is 1.39 bits per heavy atom. The first kappa shape index (κ1) is 37.6. The van der Waals surface area contributed by atoms with E-state index in [1.54, 1.807) is 54.6 Å². The third-order valence-electron chi connectivity index (χ3n) is 10.2. The minimum absolute atomic E-state index is 0.0167. The molecule has 8 rings (SSSR count). The molecule has 0 saturated carbocycles. The number of halogens is 2. The molecule has 16 heteroatoms. The monoisotopic (exact) mass is 780 g/mol. The van der Waals surface area contributed by atoms with E-state index in [-0.39, 0.29) is 36.3 Å². The second-order valence-electron chi connectivity index (χ2n) is 13.6. The highest BCUT2D eigenvalue weighted by Gasteiger charge is 2.65. The van der Waals surface area contributed by atoms with Crippen LogP contribution < -0.4 is 9.80 Å². The molecule has 2 N–H and O–H groups in total. The predicted molar refractivity (Wildman–Crippen MR) is 194 cm³/mol. The van der Waals surface area contributed by atoms with Crippen LogP contribution in [0.4, 0.5) is 15.8 Å². The highest BCUT2D eigenvalue weighted by atomic mass is 35.5. The zero-order chi connectivity index (χ0) is 40.1. The summed E-state index contributed by atoms with van der Waals surface area (Å²) in [6.45, 7) is -1.26. The van der Waals surface area contributed by atoms with Crippen molar-refractivity contribution in [3.05, 3.63) is 130 Å². The molecule has 0 aliphatic carbocycles. The van der Waals surface area contributed by atoms with E-state index < -0.39 is 83.5 Å². The van der Waals surface area contributed by atoms with Crippen LogP contribution in [0.5, 0.6) is 0 Å². The molecule has 4 aromatic rings. The lowest BCUT2D eigenvalue weighted by molar-refractivity contribution is -0.144. The van der Waals surface area contributed by atoms with Gasteiger partial charge in [-0.15, -0.1) is 0 Å². The Labute approximate surface area is 322 Å². The molecule has 56 heavy (non-hydrogen) atoms. The van der Waals surface area contributed by atoms with Crippen LogP contribution in [0.3, 0.4) is 0 Å². The largest absolute Gasteiger partial charge is 0.480 e. The van der Waals surface area contributed by atoms with Crippen LogP contribution in [-0.2, 0) is 62.3 Å². The summed E-state index contributed by atoms with van der Waals surface area (Å²) in [7, 11) is 0. The number of carboxylic acids is 2. The lowest BCUT2D eigenvalue weighted by atomic mass is 9.80. The van der Waals surface area contributed by atoms with Gasteiger partial charge in [0.05, 0.1) is 25.9 Å². The second kappa shape index (κ2) is 14.2. The number of benzene rings is 4. The zero-order valence-corrected chi connectivity index (χ0v) is 29.9. The summed E-state index contributed by atoms with van der Waals surface area (Å²) >= 11 is 6.08. The van der Waals surface area contributed by atoms with Crippen molar-refractivity contribution in [3.63, 3.8) is 0 Å². The van der Waals surface area contributed by atoms with Gasteiger partial charge >= 0.3 is 11.9 Å². The molecule has 4 aliphatic heterocycles. The number of nitrogens with zero attached hydrogens (tertiary/aromatic N) is 4. The summed E-state index contributed by atoms with van der Waals surface area (Å²) in [4.78, 5) is 105. The summed E-state index contributed by atoms with van der Waals surface area (Å²) in [5, 5.41) is 18.6. The van der Waals surface area contributed by atoms with E-state index >= 15 is 0 Å². The van der Waals surface area contributed by atoms with E-state index in [2.05, 4.69) is 0 Å². The van der Waals surface area contributed by atoms with Crippen LogP contribution in [0.15, 0.2) is 97.1 Å². The number of likely N-dealkylation sites (tertiary alicyclic amines) is 2. The fraction of sp³-hybridized carbons (Fsp3) is 0.200. The smallest absolute Gasteiger partial charge is 0.323 e. The van der Waals surface area contributed by atoms with Crippen molar-refractivity contribution >= 4 is 70.4 Å². The predicted octanol–water partition coefficient (Wildman–Crippen LogP) is 3.42. The Kier molecular flexibility index (Phi) is 9.50. The number of amides is 6. The van der Waals surface area contributed by atoms with Gasteiger partial charge in [-0.05, 0) is 47.5 Å². The van der Waals surface area contributed by atoms with Crippen molar-refractivity contribution in [2.45, 2.75) is 36.8 Å². The summed E-state index contributed by atoms with van der Waals surface area (Å²) in [5.74, 6) is -7.15. The van der Waals surface area contributed by atoms with E-state index in [9.17, 15) is 47.9 Å². The minimum atomic E-state index is -1.92. The maximum atomic E-state index is 13.9. The number of aliphatic carboxylic acids is 2. The van der Waals surface area contributed by atoms with Crippen LogP contribution in [0, 0.1) is 5.82 Å². The number of carbonyl (C=O) groups excluding carboxylic acids is 6. The number of carboxylic acid groups (broad SMARTS) is 2. The molecule has 4 aliphatic rings. The van der Waals surface area contributed by atoms with Crippen molar-refractivity contribution in [1.29, 1.82) is 0 Å². The molecule has 6 amide bonds. The molecule has 0 bridgehead atoms. The molecule has 0 radical (unpaired) electrons. The summed E-state index contributed by atoms with van der Waals surface area (Å²) in [6.07, 6.45) is -0.801. The van der Waals surface area contributed by atoms with Crippen molar-refractivity contribution < 1.29 is 53.0 Å². The van der Waals surface area contributed by atoms with Crippen LogP contribution in [0.1, 0.15) is 35.1 Å². The normalized spacial score (nSPS) is 21.0. The van der Waals surface area contributed by atoms with Gasteiger partial charge in [0.15, 0.2) is 10.8 Å². The standard InChI is InChI=1S/C20H15ClN2O5.C20H15FN2O5/c2*21-13-6-7-15-14(8-13)20(18(27)22(15)11-17(25)26)9-16(24)23(19(20)28)10-12-4-2-1-3-5-12/h2*1-8H,9-11H2,(H,25,26). The number of carbonyl (C=O) groups is 8. The van der Waals surface area contributed by atoms with Gasteiger partial charge in [0.1, 0.15) is 18.9 Å². The molecule has 2 atom stereocenters. The Morgan fingerprint density at radius 1 is 0.571 bits per heavy atom. The Balaban J connectivity index is 0.000000172. The van der Waals surface area contributed by atoms with Gasteiger partial charge in [-0.3, -0.25) is 58.0 Å². The van der Waals surface area contributed by atoms with Crippen molar-refractivity contribution in [3.8, 4) is 0 Å². The quantitative estimate of drug-likeness (QED) is 0.198. The van der Waals surface area contributed by atoms with Crippen LogP contribution in [0.25, 0.3) is 0 Å². The van der Waals surface area contributed by atoms with Crippen LogP contribution >= 0.6 is 11.6 Å². The maximum absolute atomic E-state index is 13.9. The van der Waals surface area contributed by atoms with Crippen molar-refractivity contribution in [2.75, 3.05) is 22.9 Å². The van der Waals surface area contributed by atoms with Gasteiger partial charge in [-0.25, -0.2) is 4.39 Å². The van der Waals surface area contributed by atoms with E-state index in [1.807, 2.05) is 6.07 Å². The first-order chi connectivity index (χ1) is 26.7. The number of anilines is 2. The number of hydrogen-bond acceptors (Lipinski definition) is 8. The first-order valence-corrected chi connectivity index (χ1v) is 17.5. The number of fused-ring (bicyclic) bond motifs is 4. The first-order valence-electron chi connectivity index (χ1n) is 17.1. The SMILES string of the molecule is O=C(O)CN1C(=O)C2(CC(=O)N(Cc3ccccc3)C2=O)c2cc(Cl)ccc21.O=C(O)CN1C(=O)C2(CC(=O)N(Cc3ccccc3)C2=O)c2cc(F)ccc21. The molecular weight excluding hydrogens is 751 g/mol. The Bertz CT molecular complexity index is 2210. The van der Waals surface area contributed by atoms with Crippen LogP contribution in [0.2, 0.25) is 5.02 Å². The van der Waals surface area contributed by atoms with E-state index in [0.717, 1.165) is 37.3 Å². The highest BCUT2D eigenvalue weighted by molar-refractivity contribution is 6.33. The van der Waals surface area contributed by atoms with Crippen molar-refractivity contribution in [2.24, 2.45) is 0 Å². The van der Waals surface area contributed by atoms with E-state index in [0.29, 0.717) is 16.3 Å². The highest BCUT2D eigenvalue weighted by Crippen LogP contribution is 2.50. The molecule has 2 spiro atoms. The molecule has 284 valence electrons. The van der Waals surface area contributed by atoms with Crippen LogP contribution in [-0.4, -0.2) is 80.5 Å². The van der Waals surface area contributed by atoms with E-state index in [1.165, 1.54) is 24.3 Å². The number of hydrogen-bond donors (Lipinski definition) is 2. The molecule has 14 nitrogen and oxygen atoms in total. The minimum Gasteiger partial charge on any atom is -0.480 e. The molecular formula is C40H30ClFN4O10. The van der Waals surface area contributed by atoms with E-state index in [4.69, 9.17) is 16.7 Å². The average Bonchev–Trinajstić information content (AvgIpc) is 3.74. The topological polar surface area (TPSA) is 190 Å². The van der Waals surface area contributed by atoms with Gasteiger partial charge in [-0.2, -0.15) is 0 Å². The second-order valence-corrected chi connectivity index (χ2v) is 14.0. The van der Waals surface area contributed by atoms with Gasteiger partial charge < -0.3 is 10.2 Å². The molecule has 0 aromatic heterocycles. The molecule has 4 heterocycles. The summed E-state index contributed by atoms with van der Waals surface area (Å²) in [6, 6.07) is 25.6. The summed E-state index contributed by atoms with van der Waals surface area (Å²) in [5.41, 5.74) is -1.49.